The Kier molecular flexibility index (Phi) is 4.79. The van der Waals surface area contributed by atoms with Crippen LogP contribution in [0.1, 0.15) is 19.3 Å². The number of hydrogen-bond acceptors (Lipinski definition) is 6. The third-order valence-electron chi connectivity index (χ3n) is 6.03. The minimum Gasteiger partial charge on any atom is -0.492 e. The monoisotopic (exact) mass is 428 g/mol. The van der Waals surface area contributed by atoms with Crippen LogP contribution >= 0.6 is 11.3 Å². The number of carbonyl (C=O) groups is 1. The fourth-order valence-electron chi connectivity index (χ4n) is 4.34. The minimum absolute atomic E-state index is 0.148. The van der Waals surface area contributed by atoms with Crippen molar-refractivity contribution < 1.29 is 19.0 Å². The summed E-state index contributed by atoms with van der Waals surface area (Å²) in [6, 6.07) is 8.75. The van der Waals surface area contributed by atoms with E-state index >= 15 is 0 Å². The molecular formula is C21H21FN4O3S. The van der Waals surface area contributed by atoms with Crippen LogP contribution in [0.3, 0.4) is 0 Å². The van der Waals surface area contributed by atoms with Crippen molar-refractivity contribution in [1.29, 1.82) is 0 Å². The van der Waals surface area contributed by atoms with Gasteiger partial charge in [-0.15, -0.1) is 0 Å². The summed E-state index contributed by atoms with van der Waals surface area (Å²) in [5, 5.41) is 13.2. The van der Waals surface area contributed by atoms with Gasteiger partial charge in [0.2, 0.25) is 11.8 Å². The first-order chi connectivity index (χ1) is 14.5. The number of anilines is 1. The number of urea groups is 1. The highest BCUT2D eigenvalue weighted by Crippen LogP contribution is 2.41. The van der Waals surface area contributed by atoms with Gasteiger partial charge in [0.15, 0.2) is 5.13 Å². The fourth-order valence-corrected chi connectivity index (χ4v) is 5.34. The molecule has 2 fully saturated rings. The number of aromatic nitrogens is 2. The molecule has 0 radical (unpaired) electrons. The first-order valence-corrected chi connectivity index (χ1v) is 10.7. The highest BCUT2D eigenvalue weighted by atomic mass is 32.1. The highest BCUT2D eigenvalue weighted by Gasteiger charge is 2.41. The number of rotatable bonds is 2. The van der Waals surface area contributed by atoms with Crippen LogP contribution in [0, 0.1) is 11.4 Å². The third kappa shape index (κ3) is 3.37. The predicted octanol–water partition coefficient (Wildman–Crippen LogP) is 4.24. The number of aromatic hydroxyl groups is 1. The van der Waals surface area contributed by atoms with Crippen LogP contribution in [0.5, 0.6) is 5.88 Å². The number of hydrogen-bond donors (Lipinski definition) is 2. The van der Waals surface area contributed by atoms with E-state index < -0.39 is 11.8 Å². The summed E-state index contributed by atoms with van der Waals surface area (Å²) in [5.41, 5.74) is 1.23. The maximum absolute atomic E-state index is 14.6. The van der Waals surface area contributed by atoms with Crippen LogP contribution in [-0.4, -0.2) is 52.3 Å². The molecule has 0 aliphatic carbocycles. The Morgan fingerprint density at radius 3 is 2.73 bits per heavy atom. The topological polar surface area (TPSA) is 87.6 Å². The van der Waals surface area contributed by atoms with Crippen molar-refractivity contribution in [2.24, 2.45) is 5.41 Å². The first-order valence-electron chi connectivity index (χ1n) is 9.93. The standard InChI is InChI=1S/C21H21FN4O3S/c22-17-14(13-4-2-1-3-5-13)16-15(18(27)24-17)23-19(30-16)25-20(28)26-9-6-21(12-26)7-10-29-11-8-21/h1-5H,6-12H2,(H,24,27)(H,23,25,28). The van der Waals surface area contributed by atoms with Crippen molar-refractivity contribution in [1.82, 2.24) is 14.9 Å². The van der Waals surface area contributed by atoms with E-state index in [-0.39, 0.29) is 22.5 Å². The van der Waals surface area contributed by atoms with Gasteiger partial charge < -0.3 is 14.7 Å². The van der Waals surface area contributed by atoms with Gasteiger partial charge in [0.25, 0.3) is 0 Å². The van der Waals surface area contributed by atoms with Gasteiger partial charge in [0.1, 0.15) is 5.52 Å². The lowest BCUT2D eigenvalue weighted by Gasteiger charge is -2.33. The van der Waals surface area contributed by atoms with E-state index in [1.54, 1.807) is 29.2 Å². The van der Waals surface area contributed by atoms with Gasteiger partial charge in [0, 0.05) is 26.3 Å². The van der Waals surface area contributed by atoms with E-state index in [9.17, 15) is 14.3 Å². The van der Waals surface area contributed by atoms with E-state index in [0.717, 1.165) is 43.8 Å². The molecular weight excluding hydrogens is 407 g/mol. The van der Waals surface area contributed by atoms with Gasteiger partial charge in [-0.25, -0.2) is 9.78 Å². The number of nitrogens with zero attached hydrogens (tertiary/aromatic N) is 3. The molecule has 30 heavy (non-hydrogen) atoms. The maximum atomic E-state index is 14.6. The summed E-state index contributed by atoms with van der Waals surface area (Å²) >= 11 is 1.13. The molecule has 9 heteroatoms. The second-order valence-electron chi connectivity index (χ2n) is 7.88. The van der Waals surface area contributed by atoms with E-state index in [1.807, 2.05) is 6.07 Å². The van der Waals surface area contributed by atoms with Gasteiger partial charge in [-0.05, 0) is 30.2 Å². The number of amides is 2. The maximum Gasteiger partial charge on any atom is 0.323 e. The average Bonchev–Trinajstić information content (AvgIpc) is 3.34. The van der Waals surface area contributed by atoms with Crippen molar-refractivity contribution in [2.45, 2.75) is 19.3 Å². The van der Waals surface area contributed by atoms with Crippen molar-refractivity contribution in [3.63, 3.8) is 0 Å². The second-order valence-corrected chi connectivity index (χ2v) is 8.88. The van der Waals surface area contributed by atoms with Gasteiger partial charge >= 0.3 is 6.03 Å². The Morgan fingerprint density at radius 2 is 1.97 bits per heavy atom. The summed E-state index contributed by atoms with van der Waals surface area (Å²) in [7, 11) is 0. The molecule has 2 N–H and O–H groups in total. The SMILES string of the molecule is O=C(Nc1nc2c(O)nc(F)c(-c3ccccc3)c2s1)N1CCC2(CCOCC2)C1. The molecule has 3 aromatic rings. The lowest BCUT2D eigenvalue weighted by Crippen LogP contribution is -2.37. The molecule has 7 nitrogen and oxygen atoms in total. The van der Waals surface area contributed by atoms with E-state index in [0.29, 0.717) is 28.5 Å². The van der Waals surface area contributed by atoms with Crippen LogP contribution < -0.4 is 5.32 Å². The van der Waals surface area contributed by atoms with Crippen LogP contribution in [0.2, 0.25) is 0 Å². The molecule has 0 unspecified atom stereocenters. The average molecular weight is 428 g/mol. The van der Waals surface area contributed by atoms with Crippen molar-refractivity contribution in [3.05, 3.63) is 36.3 Å². The second kappa shape index (κ2) is 7.48. The van der Waals surface area contributed by atoms with E-state index in [4.69, 9.17) is 4.74 Å². The molecule has 0 bridgehead atoms. The number of thiazole rings is 1. The lowest BCUT2D eigenvalue weighted by atomic mass is 9.80. The minimum atomic E-state index is -0.770. The Hall–Kier alpha value is -2.78. The van der Waals surface area contributed by atoms with E-state index in [2.05, 4.69) is 15.3 Å². The van der Waals surface area contributed by atoms with Crippen LogP contribution in [0.15, 0.2) is 30.3 Å². The van der Waals surface area contributed by atoms with Crippen LogP contribution in [0.25, 0.3) is 21.3 Å². The molecule has 2 aliphatic heterocycles. The zero-order chi connectivity index (χ0) is 20.7. The number of pyridine rings is 1. The van der Waals surface area contributed by atoms with Crippen molar-refractivity contribution in [2.75, 3.05) is 31.6 Å². The van der Waals surface area contributed by atoms with Gasteiger partial charge in [0.05, 0.1) is 10.3 Å². The summed E-state index contributed by atoms with van der Waals surface area (Å²) in [6.07, 6.45) is 2.91. The number of ether oxygens (including phenoxy) is 1. The Bertz CT molecular complexity index is 1100. The number of halogens is 1. The zero-order valence-corrected chi connectivity index (χ0v) is 17.0. The molecule has 2 saturated heterocycles. The third-order valence-corrected chi connectivity index (χ3v) is 7.02. The Labute approximate surface area is 176 Å². The van der Waals surface area contributed by atoms with Gasteiger partial charge in [-0.1, -0.05) is 41.7 Å². The molecule has 156 valence electrons. The molecule has 1 spiro atoms. The summed E-state index contributed by atoms with van der Waals surface area (Å²) in [6.45, 7) is 2.87. The quantitative estimate of drug-likeness (QED) is 0.596. The summed E-state index contributed by atoms with van der Waals surface area (Å²) in [4.78, 5) is 22.5. The Balaban J connectivity index is 1.42. The van der Waals surface area contributed by atoms with Crippen molar-refractivity contribution in [3.8, 4) is 17.0 Å². The number of nitrogens with one attached hydrogen (secondary N) is 1. The number of carbonyl (C=O) groups excluding carboxylic acids is 1. The number of fused-ring (bicyclic) bond motifs is 1. The molecule has 0 saturated carbocycles. The largest absolute Gasteiger partial charge is 0.492 e. The predicted molar refractivity (Wildman–Crippen MR) is 112 cm³/mol. The van der Waals surface area contributed by atoms with Crippen LogP contribution in [0.4, 0.5) is 14.3 Å². The highest BCUT2D eigenvalue weighted by molar-refractivity contribution is 7.23. The fraction of sp³-hybridized carbons (Fsp3) is 0.381. The zero-order valence-electron chi connectivity index (χ0n) is 16.2. The molecule has 4 heterocycles. The van der Waals surface area contributed by atoms with Gasteiger partial charge in [-0.2, -0.15) is 9.37 Å². The lowest BCUT2D eigenvalue weighted by molar-refractivity contribution is 0.0211. The molecule has 1 aromatic carbocycles. The van der Waals surface area contributed by atoms with Crippen LogP contribution in [-0.2, 0) is 4.74 Å². The molecule has 2 aliphatic rings. The summed E-state index contributed by atoms with van der Waals surface area (Å²) in [5.74, 6) is -1.25. The normalized spacial score (nSPS) is 18.2. The smallest absolute Gasteiger partial charge is 0.323 e. The van der Waals surface area contributed by atoms with Crippen molar-refractivity contribution >= 4 is 32.7 Å². The molecule has 2 aromatic heterocycles. The van der Waals surface area contributed by atoms with Gasteiger partial charge in [-0.3, -0.25) is 5.32 Å². The molecule has 2 amide bonds. The van der Waals surface area contributed by atoms with E-state index in [1.165, 1.54) is 0 Å². The molecule has 0 atom stereocenters. The number of benzene rings is 1. The molecule has 5 rings (SSSR count). The number of likely N-dealkylation sites (tertiary alicyclic amines) is 1. The Morgan fingerprint density at radius 1 is 1.20 bits per heavy atom. The summed E-state index contributed by atoms with van der Waals surface area (Å²) < 4.78 is 20.5. The first kappa shape index (κ1) is 19.2.